The average Bonchev–Trinajstić information content (AvgIpc) is 2.43. The van der Waals surface area contributed by atoms with Crippen LogP contribution in [0.1, 0.15) is 46.1 Å². The first-order valence-electron chi connectivity index (χ1n) is 7.60. The molecule has 1 aromatic carbocycles. The van der Waals surface area contributed by atoms with Gasteiger partial charge in [0.15, 0.2) is 11.5 Å². The fourth-order valence-electron chi connectivity index (χ4n) is 2.14. The van der Waals surface area contributed by atoms with E-state index in [0.717, 1.165) is 30.2 Å². The SMILES string of the molecule is CCCC(C)COc1c(CNC(C)C)cccc1OC. The van der Waals surface area contributed by atoms with Gasteiger partial charge in [0.05, 0.1) is 13.7 Å². The molecule has 0 bridgehead atoms. The minimum Gasteiger partial charge on any atom is -0.493 e. The molecule has 3 heteroatoms. The molecule has 0 aromatic heterocycles. The van der Waals surface area contributed by atoms with Gasteiger partial charge in [0.1, 0.15) is 0 Å². The quantitative estimate of drug-likeness (QED) is 0.741. The minimum atomic E-state index is 0.452. The molecule has 114 valence electrons. The molecule has 0 saturated heterocycles. The monoisotopic (exact) mass is 279 g/mol. The van der Waals surface area contributed by atoms with Crippen molar-refractivity contribution in [2.24, 2.45) is 5.92 Å². The average molecular weight is 279 g/mol. The largest absolute Gasteiger partial charge is 0.493 e. The van der Waals surface area contributed by atoms with Gasteiger partial charge in [0, 0.05) is 18.2 Å². The molecule has 1 atom stereocenters. The fourth-order valence-corrected chi connectivity index (χ4v) is 2.14. The van der Waals surface area contributed by atoms with E-state index in [0.29, 0.717) is 12.0 Å². The highest BCUT2D eigenvalue weighted by Crippen LogP contribution is 2.31. The number of rotatable bonds is 9. The van der Waals surface area contributed by atoms with E-state index >= 15 is 0 Å². The summed E-state index contributed by atoms with van der Waals surface area (Å²) in [7, 11) is 1.69. The van der Waals surface area contributed by atoms with Crippen molar-refractivity contribution < 1.29 is 9.47 Å². The Labute approximate surface area is 123 Å². The lowest BCUT2D eigenvalue weighted by Crippen LogP contribution is -2.22. The smallest absolute Gasteiger partial charge is 0.165 e. The van der Waals surface area contributed by atoms with Crippen molar-refractivity contribution in [1.82, 2.24) is 5.32 Å². The van der Waals surface area contributed by atoms with Gasteiger partial charge >= 0.3 is 0 Å². The molecule has 0 aliphatic carbocycles. The molecule has 0 spiro atoms. The van der Waals surface area contributed by atoms with Gasteiger partial charge in [0.25, 0.3) is 0 Å². The molecule has 1 N–H and O–H groups in total. The van der Waals surface area contributed by atoms with Crippen LogP contribution in [0.4, 0.5) is 0 Å². The molecule has 0 saturated carbocycles. The van der Waals surface area contributed by atoms with Gasteiger partial charge in [-0.25, -0.2) is 0 Å². The number of hydrogen-bond acceptors (Lipinski definition) is 3. The van der Waals surface area contributed by atoms with Crippen LogP contribution in [0.15, 0.2) is 18.2 Å². The van der Waals surface area contributed by atoms with Gasteiger partial charge in [0.2, 0.25) is 0 Å². The second-order valence-electron chi connectivity index (χ2n) is 5.69. The van der Waals surface area contributed by atoms with Gasteiger partial charge in [-0.1, -0.05) is 46.2 Å². The van der Waals surface area contributed by atoms with E-state index in [2.05, 4.69) is 39.1 Å². The van der Waals surface area contributed by atoms with Gasteiger partial charge in [-0.3, -0.25) is 0 Å². The second kappa shape index (κ2) is 8.85. The van der Waals surface area contributed by atoms with Crippen LogP contribution >= 0.6 is 0 Å². The summed E-state index contributed by atoms with van der Waals surface area (Å²) in [5.41, 5.74) is 1.15. The van der Waals surface area contributed by atoms with Gasteiger partial charge in [-0.15, -0.1) is 0 Å². The van der Waals surface area contributed by atoms with E-state index in [9.17, 15) is 0 Å². The number of methoxy groups -OCH3 is 1. The van der Waals surface area contributed by atoms with E-state index < -0.39 is 0 Å². The third-order valence-electron chi connectivity index (χ3n) is 3.27. The van der Waals surface area contributed by atoms with Crippen LogP contribution in [0.3, 0.4) is 0 Å². The molecule has 0 aliphatic rings. The lowest BCUT2D eigenvalue weighted by molar-refractivity contribution is 0.237. The highest BCUT2D eigenvalue weighted by Gasteiger charge is 2.12. The molecular formula is C17H29NO2. The predicted octanol–water partition coefficient (Wildman–Crippen LogP) is 4.01. The standard InChI is InChI=1S/C17H29NO2/c1-6-8-14(4)12-20-17-15(11-18-13(2)3)9-7-10-16(17)19-5/h7,9-10,13-14,18H,6,8,11-12H2,1-5H3. The van der Waals surface area contributed by atoms with Crippen molar-refractivity contribution in [2.75, 3.05) is 13.7 Å². The highest BCUT2D eigenvalue weighted by molar-refractivity contribution is 5.46. The summed E-state index contributed by atoms with van der Waals surface area (Å²) in [6.45, 7) is 10.3. The Balaban J connectivity index is 2.78. The maximum atomic E-state index is 6.04. The highest BCUT2D eigenvalue weighted by atomic mass is 16.5. The summed E-state index contributed by atoms with van der Waals surface area (Å²) in [4.78, 5) is 0. The fraction of sp³-hybridized carbons (Fsp3) is 0.647. The lowest BCUT2D eigenvalue weighted by atomic mass is 10.1. The maximum absolute atomic E-state index is 6.04. The van der Waals surface area contributed by atoms with Crippen LogP contribution in [0, 0.1) is 5.92 Å². The summed E-state index contributed by atoms with van der Waals surface area (Å²) in [5, 5.41) is 3.43. The maximum Gasteiger partial charge on any atom is 0.165 e. The Hall–Kier alpha value is -1.22. The number of para-hydroxylation sites is 1. The van der Waals surface area contributed by atoms with Gasteiger partial charge in [-0.05, 0) is 18.4 Å². The van der Waals surface area contributed by atoms with Crippen LogP contribution in [-0.4, -0.2) is 19.8 Å². The summed E-state index contributed by atoms with van der Waals surface area (Å²) in [5.74, 6) is 2.26. The Morgan fingerprint density at radius 3 is 2.55 bits per heavy atom. The molecule has 1 unspecified atom stereocenters. The zero-order valence-corrected chi connectivity index (χ0v) is 13.5. The topological polar surface area (TPSA) is 30.5 Å². The Bertz CT molecular complexity index is 391. The van der Waals surface area contributed by atoms with E-state index in [1.54, 1.807) is 7.11 Å². The van der Waals surface area contributed by atoms with E-state index in [4.69, 9.17) is 9.47 Å². The summed E-state index contributed by atoms with van der Waals surface area (Å²) < 4.78 is 11.5. The molecule has 1 aromatic rings. The van der Waals surface area contributed by atoms with Crippen molar-refractivity contribution in [3.63, 3.8) is 0 Å². The second-order valence-corrected chi connectivity index (χ2v) is 5.69. The third kappa shape index (κ3) is 5.41. The first kappa shape index (κ1) is 16.8. The van der Waals surface area contributed by atoms with E-state index in [1.807, 2.05) is 12.1 Å². The summed E-state index contributed by atoms with van der Waals surface area (Å²) in [6, 6.07) is 6.52. The van der Waals surface area contributed by atoms with Crippen molar-refractivity contribution in [3.05, 3.63) is 23.8 Å². The molecule has 0 radical (unpaired) electrons. The summed E-state index contributed by atoms with van der Waals surface area (Å²) >= 11 is 0. The van der Waals surface area contributed by atoms with Crippen LogP contribution < -0.4 is 14.8 Å². The molecule has 3 nitrogen and oxygen atoms in total. The molecule has 1 rings (SSSR count). The van der Waals surface area contributed by atoms with Crippen LogP contribution in [0.5, 0.6) is 11.5 Å². The Morgan fingerprint density at radius 1 is 1.20 bits per heavy atom. The van der Waals surface area contributed by atoms with Crippen molar-refractivity contribution in [1.29, 1.82) is 0 Å². The van der Waals surface area contributed by atoms with Crippen molar-refractivity contribution in [2.45, 2.75) is 53.1 Å². The lowest BCUT2D eigenvalue weighted by Gasteiger charge is -2.18. The van der Waals surface area contributed by atoms with E-state index in [1.165, 1.54) is 12.8 Å². The van der Waals surface area contributed by atoms with Crippen LogP contribution in [0.2, 0.25) is 0 Å². The van der Waals surface area contributed by atoms with Gasteiger partial charge in [-0.2, -0.15) is 0 Å². The zero-order valence-electron chi connectivity index (χ0n) is 13.5. The molecular weight excluding hydrogens is 250 g/mol. The molecule has 0 heterocycles. The van der Waals surface area contributed by atoms with E-state index in [-0.39, 0.29) is 0 Å². The van der Waals surface area contributed by atoms with Gasteiger partial charge < -0.3 is 14.8 Å². The third-order valence-corrected chi connectivity index (χ3v) is 3.27. The number of hydrogen-bond donors (Lipinski definition) is 1. The zero-order chi connectivity index (χ0) is 15.0. The summed E-state index contributed by atoms with van der Waals surface area (Å²) in [6.07, 6.45) is 2.38. The number of nitrogens with one attached hydrogen (secondary N) is 1. The van der Waals surface area contributed by atoms with Crippen molar-refractivity contribution >= 4 is 0 Å². The Kier molecular flexibility index (Phi) is 7.45. The first-order chi connectivity index (χ1) is 9.58. The first-order valence-corrected chi connectivity index (χ1v) is 7.60. The minimum absolute atomic E-state index is 0.452. The number of benzene rings is 1. The molecule has 20 heavy (non-hydrogen) atoms. The van der Waals surface area contributed by atoms with Crippen LogP contribution in [0.25, 0.3) is 0 Å². The molecule has 0 fully saturated rings. The van der Waals surface area contributed by atoms with Crippen LogP contribution in [-0.2, 0) is 6.54 Å². The normalized spacial score (nSPS) is 12.5. The Morgan fingerprint density at radius 2 is 1.95 bits per heavy atom. The predicted molar refractivity (Wildman–Crippen MR) is 84.5 cm³/mol. The molecule has 0 aliphatic heterocycles. The number of ether oxygens (including phenoxy) is 2. The van der Waals surface area contributed by atoms with Crippen molar-refractivity contribution in [3.8, 4) is 11.5 Å². The molecule has 0 amide bonds.